The summed E-state index contributed by atoms with van der Waals surface area (Å²) in [5, 5.41) is 0. The van der Waals surface area contributed by atoms with E-state index in [9.17, 15) is 0 Å². The van der Waals surface area contributed by atoms with Crippen molar-refractivity contribution < 1.29 is 35.4 Å². The largest absolute Gasteiger partial charge is 0.373 e. The quantitative estimate of drug-likeness (QED) is 0.510. The minimum Gasteiger partial charge on any atom is -0.358 e. The molecule has 0 saturated heterocycles. The topological polar surface area (TPSA) is 34.1 Å². The number of hydrogen-bond donors (Lipinski definition) is 0. The maximum atomic E-state index is 8.12. The Morgan fingerprint density at radius 1 is 0.667 bits per heavy atom. The van der Waals surface area contributed by atoms with E-state index in [1.54, 1.807) is 0 Å². The average molecular weight is 164 g/mol. The molecule has 1 radical (unpaired) electrons. The van der Waals surface area contributed by atoms with Gasteiger partial charge in [-0.25, -0.2) is 0 Å². The van der Waals surface area contributed by atoms with Crippen LogP contribution in [-0.2, 0) is 35.4 Å². The standard InChI is InChI=1S/CO2.5CH3.Sc/c2-1-3;;;;;;/h;5*1H3;/q;5*-1;. The molecule has 0 aliphatic heterocycles. The van der Waals surface area contributed by atoms with Crippen molar-refractivity contribution in [3.63, 3.8) is 0 Å². The molecule has 0 amide bonds. The average Bonchev–Trinajstić information content (AvgIpc) is 0.918. The van der Waals surface area contributed by atoms with Crippen LogP contribution < -0.4 is 0 Å². The molecule has 59 valence electrons. The van der Waals surface area contributed by atoms with E-state index in [2.05, 4.69) is 0 Å². The molecule has 0 unspecified atom stereocenters. The Bertz CT molecular complexity index is 32.0. The summed E-state index contributed by atoms with van der Waals surface area (Å²) >= 11 is 0. The van der Waals surface area contributed by atoms with Crippen molar-refractivity contribution >= 4 is 6.15 Å². The number of rotatable bonds is 0. The van der Waals surface area contributed by atoms with Crippen molar-refractivity contribution in [1.29, 1.82) is 0 Å². The van der Waals surface area contributed by atoms with E-state index >= 15 is 0 Å². The van der Waals surface area contributed by atoms with Crippen LogP contribution >= 0.6 is 0 Å². The molecule has 0 fully saturated rings. The van der Waals surface area contributed by atoms with Crippen LogP contribution in [0, 0.1) is 37.1 Å². The summed E-state index contributed by atoms with van der Waals surface area (Å²) in [6.07, 6.45) is 0.250. The van der Waals surface area contributed by atoms with Crippen LogP contribution in [-0.4, -0.2) is 6.15 Å². The van der Waals surface area contributed by atoms with Gasteiger partial charge in [-0.2, -0.15) is 9.59 Å². The molecule has 0 aromatic heterocycles. The summed E-state index contributed by atoms with van der Waals surface area (Å²) in [5.41, 5.74) is 0. The molecule has 0 spiro atoms. The first-order chi connectivity index (χ1) is 1.41. The first-order valence-corrected chi connectivity index (χ1v) is 0.408. The van der Waals surface area contributed by atoms with Gasteiger partial charge in [0.2, 0.25) is 0 Å². The maximum Gasteiger partial charge on any atom is 0.373 e. The zero-order valence-corrected chi connectivity index (χ0v) is 8.70. The third-order valence-corrected chi connectivity index (χ3v) is 0. The SMILES string of the molecule is O=C=O.[CH3-].[CH3-].[CH3-].[CH3-].[CH3-].[Sc]. The Morgan fingerprint density at radius 3 is 0.667 bits per heavy atom. The molecular weight excluding hydrogens is 149 g/mol. The summed E-state index contributed by atoms with van der Waals surface area (Å²) < 4.78 is 0. The van der Waals surface area contributed by atoms with Gasteiger partial charge in [0.05, 0.1) is 0 Å². The molecule has 0 aromatic carbocycles. The van der Waals surface area contributed by atoms with Crippen LogP contribution in [0.4, 0.5) is 0 Å². The Labute approximate surface area is 78.8 Å². The molecule has 0 aliphatic carbocycles. The fraction of sp³-hybridized carbons (Fsp3) is 0. The van der Waals surface area contributed by atoms with Crippen molar-refractivity contribution in [2.45, 2.75) is 0 Å². The smallest absolute Gasteiger partial charge is 0.358 e. The van der Waals surface area contributed by atoms with Crippen LogP contribution in [0.3, 0.4) is 0 Å². The van der Waals surface area contributed by atoms with Gasteiger partial charge in [0.15, 0.2) is 0 Å². The first kappa shape index (κ1) is 124. The zero-order valence-electron chi connectivity index (χ0n) is 6.89. The van der Waals surface area contributed by atoms with Gasteiger partial charge >= 0.3 is 6.15 Å². The van der Waals surface area contributed by atoms with Gasteiger partial charge < -0.3 is 37.1 Å². The van der Waals surface area contributed by atoms with Gasteiger partial charge in [0.25, 0.3) is 0 Å². The van der Waals surface area contributed by atoms with Crippen LogP contribution in [0.1, 0.15) is 0 Å². The second-order valence-corrected chi connectivity index (χ2v) is 0.0833. The predicted molar refractivity (Wildman–Crippen MR) is 37.1 cm³/mol. The van der Waals surface area contributed by atoms with Gasteiger partial charge in [-0.15, -0.1) is 0 Å². The van der Waals surface area contributed by atoms with Crippen LogP contribution in [0.15, 0.2) is 0 Å². The molecule has 0 atom stereocenters. The van der Waals surface area contributed by atoms with E-state index in [0.717, 1.165) is 0 Å². The minimum atomic E-state index is 0. The monoisotopic (exact) mass is 164 g/mol. The van der Waals surface area contributed by atoms with E-state index in [4.69, 9.17) is 9.59 Å². The van der Waals surface area contributed by atoms with E-state index in [1.165, 1.54) is 0 Å². The van der Waals surface area contributed by atoms with Gasteiger partial charge in [0, 0.05) is 25.8 Å². The Hall–Kier alpha value is 0.250. The molecule has 0 bridgehead atoms. The van der Waals surface area contributed by atoms with Crippen LogP contribution in [0.25, 0.3) is 0 Å². The van der Waals surface area contributed by atoms with Crippen molar-refractivity contribution in [2.75, 3.05) is 0 Å². The Morgan fingerprint density at radius 2 is 0.667 bits per heavy atom. The second kappa shape index (κ2) is 277. The van der Waals surface area contributed by atoms with Gasteiger partial charge in [-0.05, 0) is 0 Å². The second-order valence-electron chi connectivity index (χ2n) is 0.0833. The summed E-state index contributed by atoms with van der Waals surface area (Å²) in [7, 11) is 0. The first-order valence-electron chi connectivity index (χ1n) is 0.408. The van der Waals surface area contributed by atoms with Crippen molar-refractivity contribution in [1.82, 2.24) is 0 Å². The van der Waals surface area contributed by atoms with Crippen LogP contribution in [0.2, 0.25) is 0 Å². The fourth-order valence-electron chi connectivity index (χ4n) is 0. The molecule has 0 saturated carbocycles. The molecule has 2 nitrogen and oxygen atoms in total. The summed E-state index contributed by atoms with van der Waals surface area (Å²) in [4.78, 5) is 16.2. The molecule has 0 heterocycles. The summed E-state index contributed by atoms with van der Waals surface area (Å²) in [6.45, 7) is 0. The van der Waals surface area contributed by atoms with Gasteiger partial charge in [-0.3, -0.25) is 0 Å². The van der Waals surface area contributed by atoms with Crippen molar-refractivity contribution in [3.05, 3.63) is 37.1 Å². The molecule has 0 aromatic rings. The third kappa shape index (κ3) is 5150. The summed E-state index contributed by atoms with van der Waals surface area (Å²) in [6, 6.07) is 0. The van der Waals surface area contributed by atoms with E-state index < -0.39 is 0 Å². The number of carbonyl (C=O) groups excluding carboxylic acids is 2. The zero-order chi connectivity index (χ0) is 2.71. The van der Waals surface area contributed by atoms with Crippen LogP contribution in [0.5, 0.6) is 0 Å². The number of hydrogen-bond acceptors (Lipinski definition) is 2. The fourth-order valence-corrected chi connectivity index (χ4v) is 0. The van der Waals surface area contributed by atoms with Gasteiger partial charge in [0.1, 0.15) is 0 Å². The molecule has 0 aliphatic rings. The normalized spacial score (nSPS) is 0.889. The molecular formula is C6H15O2Sc-5. The molecule has 0 rings (SSSR count). The summed E-state index contributed by atoms with van der Waals surface area (Å²) in [5.74, 6) is 0. The molecule has 0 N–H and O–H groups in total. The predicted octanol–water partition coefficient (Wildman–Crippen LogP) is 1.67. The van der Waals surface area contributed by atoms with E-state index in [0.29, 0.717) is 0 Å². The molecule has 9 heavy (non-hydrogen) atoms. The third-order valence-electron chi connectivity index (χ3n) is 0. The molecule has 3 heteroatoms. The Balaban J connectivity index is -0.00000000133. The van der Waals surface area contributed by atoms with Crippen molar-refractivity contribution in [2.24, 2.45) is 0 Å². The van der Waals surface area contributed by atoms with Crippen molar-refractivity contribution in [3.8, 4) is 0 Å². The minimum absolute atomic E-state index is 0. The maximum absolute atomic E-state index is 8.12. The Kier molecular flexibility index (Phi) is 3830. The van der Waals surface area contributed by atoms with E-state index in [-0.39, 0.29) is 69.1 Å². The van der Waals surface area contributed by atoms with E-state index in [1.807, 2.05) is 0 Å². The van der Waals surface area contributed by atoms with Gasteiger partial charge in [-0.1, -0.05) is 0 Å².